The predicted octanol–water partition coefficient (Wildman–Crippen LogP) is 3.54. The van der Waals surface area contributed by atoms with E-state index in [9.17, 15) is 0 Å². The zero-order valence-corrected chi connectivity index (χ0v) is 12.5. The van der Waals surface area contributed by atoms with Crippen molar-refractivity contribution in [2.24, 2.45) is 11.8 Å². The topological polar surface area (TPSA) is 38.5 Å². The van der Waals surface area contributed by atoms with Crippen molar-refractivity contribution in [2.45, 2.75) is 40.2 Å². The van der Waals surface area contributed by atoms with Crippen molar-refractivity contribution >= 4 is 11.4 Å². The van der Waals surface area contributed by atoms with E-state index in [1.807, 2.05) is 19.9 Å². The van der Waals surface area contributed by atoms with Crippen LogP contribution in [0.1, 0.15) is 34.1 Å². The Kier molecular flexibility index (Phi) is 4.23. The molecule has 0 bridgehead atoms. The number of benzene rings is 1. The number of nitrogens with zero attached hydrogens (tertiary/aromatic N) is 1. The molecule has 1 heterocycles. The highest BCUT2D eigenvalue weighted by Gasteiger charge is 2.22. The van der Waals surface area contributed by atoms with Gasteiger partial charge in [0, 0.05) is 36.6 Å². The van der Waals surface area contributed by atoms with Crippen molar-refractivity contribution in [3.8, 4) is 5.75 Å². The lowest BCUT2D eigenvalue weighted by Crippen LogP contribution is -2.38. The average molecular weight is 262 g/mol. The van der Waals surface area contributed by atoms with Crippen LogP contribution >= 0.6 is 0 Å². The van der Waals surface area contributed by atoms with Gasteiger partial charge in [-0.3, -0.25) is 0 Å². The molecule has 3 heteroatoms. The van der Waals surface area contributed by atoms with Crippen molar-refractivity contribution in [2.75, 3.05) is 23.7 Å². The van der Waals surface area contributed by atoms with Crippen LogP contribution in [0, 0.1) is 11.8 Å². The van der Waals surface area contributed by atoms with Crippen LogP contribution < -0.4 is 15.4 Å². The minimum Gasteiger partial charge on any atom is -0.491 e. The molecule has 0 aliphatic carbocycles. The molecule has 2 N–H and O–H groups in total. The molecule has 2 rings (SSSR count). The predicted molar refractivity (Wildman–Crippen MR) is 81.8 cm³/mol. The molecular formula is C16H26N2O. The third kappa shape index (κ3) is 3.79. The van der Waals surface area contributed by atoms with Gasteiger partial charge in [-0.25, -0.2) is 0 Å². The fourth-order valence-electron chi connectivity index (χ4n) is 3.00. The molecule has 0 aromatic heterocycles. The van der Waals surface area contributed by atoms with E-state index in [0.29, 0.717) is 0 Å². The molecule has 0 spiro atoms. The molecule has 0 amide bonds. The second-order valence-corrected chi connectivity index (χ2v) is 6.28. The van der Waals surface area contributed by atoms with Gasteiger partial charge in [0.15, 0.2) is 0 Å². The van der Waals surface area contributed by atoms with Crippen LogP contribution in [0.5, 0.6) is 5.75 Å². The standard InChI is InChI=1S/C16H26N2O/c1-11(2)19-16-7-14(17)6-15(8-16)18-9-12(3)5-13(4)10-18/h6-8,11-13H,5,9-10,17H2,1-4H3. The molecule has 19 heavy (non-hydrogen) atoms. The summed E-state index contributed by atoms with van der Waals surface area (Å²) in [5, 5.41) is 0. The van der Waals surface area contributed by atoms with Gasteiger partial charge >= 0.3 is 0 Å². The molecular weight excluding hydrogens is 236 g/mol. The van der Waals surface area contributed by atoms with Gasteiger partial charge in [0.1, 0.15) is 5.75 Å². The number of anilines is 2. The number of nitrogen functional groups attached to an aromatic ring is 1. The maximum Gasteiger partial charge on any atom is 0.123 e. The van der Waals surface area contributed by atoms with Gasteiger partial charge < -0.3 is 15.4 Å². The Labute approximate surface area is 116 Å². The lowest BCUT2D eigenvalue weighted by atomic mass is 9.91. The first kappa shape index (κ1) is 14.0. The monoisotopic (exact) mass is 262 g/mol. The molecule has 0 radical (unpaired) electrons. The maximum atomic E-state index is 6.00. The van der Waals surface area contributed by atoms with Gasteiger partial charge in [0.25, 0.3) is 0 Å². The Morgan fingerprint density at radius 1 is 1.16 bits per heavy atom. The van der Waals surface area contributed by atoms with E-state index >= 15 is 0 Å². The minimum atomic E-state index is 0.175. The van der Waals surface area contributed by atoms with Crippen molar-refractivity contribution in [1.82, 2.24) is 0 Å². The molecule has 1 fully saturated rings. The average Bonchev–Trinajstić information content (AvgIpc) is 2.25. The third-order valence-corrected chi connectivity index (χ3v) is 3.52. The van der Waals surface area contributed by atoms with Crippen LogP contribution in [0.2, 0.25) is 0 Å². The summed E-state index contributed by atoms with van der Waals surface area (Å²) in [5.74, 6) is 2.34. The zero-order valence-electron chi connectivity index (χ0n) is 12.5. The highest BCUT2D eigenvalue weighted by molar-refractivity contribution is 5.60. The molecule has 1 aromatic rings. The molecule has 1 aliphatic rings. The molecule has 2 atom stereocenters. The fourth-order valence-corrected chi connectivity index (χ4v) is 3.00. The summed E-state index contributed by atoms with van der Waals surface area (Å²) in [4.78, 5) is 2.43. The Morgan fingerprint density at radius 3 is 2.37 bits per heavy atom. The number of piperidine rings is 1. The lowest BCUT2D eigenvalue weighted by molar-refractivity contribution is 0.242. The Bertz CT molecular complexity index is 421. The first-order chi connectivity index (χ1) is 8.94. The third-order valence-electron chi connectivity index (χ3n) is 3.52. The number of ether oxygens (including phenoxy) is 1. The van der Waals surface area contributed by atoms with Crippen LogP contribution in [-0.4, -0.2) is 19.2 Å². The summed E-state index contributed by atoms with van der Waals surface area (Å²) in [6.07, 6.45) is 1.49. The van der Waals surface area contributed by atoms with Crippen LogP contribution in [0.25, 0.3) is 0 Å². The van der Waals surface area contributed by atoms with Crippen molar-refractivity contribution < 1.29 is 4.74 Å². The van der Waals surface area contributed by atoms with Crippen LogP contribution in [0.15, 0.2) is 18.2 Å². The smallest absolute Gasteiger partial charge is 0.123 e. The Balaban J connectivity index is 2.21. The molecule has 1 aromatic carbocycles. The van der Waals surface area contributed by atoms with Gasteiger partial charge in [0.05, 0.1) is 6.10 Å². The lowest BCUT2D eigenvalue weighted by Gasteiger charge is -2.37. The van der Waals surface area contributed by atoms with Crippen LogP contribution in [-0.2, 0) is 0 Å². The molecule has 3 nitrogen and oxygen atoms in total. The molecule has 0 saturated carbocycles. The van der Waals surface area contributed by atoms with Gasteiger partial charge in [-0.15, -0.1) is 0 Å². The van der Waals surface area contributed by atoms with E-state index in [-0.39, 0.29) is 6.10 Å². The maximum absolute atomic E-state index is 6.00. The minimum absolute atomic E-state index is 0.175. The zero-order chi connectivity index (χ0) is 14.0. The molecule has 1 saturated heterocycles. The Morgan fingerprint density at radius 2 is 1.79 bits per heavy atom. The fraction of sp³-hybridized carbons (Fsp3) is 0.625. The normalized spacial score (nSPS) is 23.7. The van der Waals surface area contributed by atoms with Crippen molar-refractivity contribution in [1.29, 1.82) is 0 Å². The summed E-state index contributed by atoms with van der Waals surface area (Å²) in [7, 11) is 0. The van der Waals surface area contributed by atoms with E-state index in [2.05, 4.69) is 30.9 Å². The van der Waals surface area contributed by atoms with E-state index in [1.165, 1.54) is 12.1 Å². The van der Waals surface area contributed by atoms with E-state index in [1.54, 1.807) is 0 Å². The summed E-state index contributed by atoms with van der Waals surface area (Å²) >= 11 is 0. The van der Waals surface area contributed by atoms with Crippen molar-refractivity contribution in [3.05, 3.63) is 18.2 Å². The van der Waals surface area contributed by atoms with Gasteiger partial charge in [-0.2, -0.15) is 0 Å². The van der Waals surface area contributed by atoms with E-state index < -0.39 is 0 Å². The van der Waals surface area contributed by atoms with Crippen LogP contribution in [0.4, 0.5) is 11.4 Å². The van der Waals surface area contributed by atoms with Gasteiger partial charge in [-0.05, 0) is 38.2 Å². The number of rotatable bonds is 3. The SMILES string of the molecule is CC1CC(C)CN(c2cc(N)cc(OC(C)C)c2)C1. The quantitative estimate of drug-likeness (QED) is 0.847. The summed E-state index contributed by atoms with van der Waals surface area (Å²) in [6, 6.07) is 6.07. The van der Waals surface area contributed by atoms with Gasteiger partial charge in [0.2, 0.25) is 0 Å². The largest absolute Gasteiger partial charge is 0.491 e. The van der Waals surface area contributed by atoms with E-state index in [4.69, 9.17) is 10.5 Å². The summed E-state index contributed by atoms with van der Waals surface area (Å²) < 4.78 is 5.77. The first-order valence-electron chi connectivity index (χ1n) is 7.26. The van der Waals surface area contributed by atoms with Crippen molar-refractivity contribution in [3.63, 3.8) is 0 Å². The highest BCUT2D eigenvalue weighted by atomic mass is 16.5. The summed E-state index contributed by atoms with van der Waals surface area (Å²) in [5.41, 5.74) is 7.97. The molecule has 106 valence electrons. The second kappa shape index (κ2) is 5.72. The summed E-state index contributed by atoms with van der Waals surface area (Å²) in [6.45, 7) is 10.9. The first-order valence-corrected chi connectivity index (χ1v) is 7.26. The second-order valence-electron chi connectivity index (χ2n) is 6.28. The van der Waals surface area contributed by atoms with Crippen LogP contribution in [0.3, 0.4) is 0 Å². The number of hydrogen-bond donors (Lipinski definition) is 1. The number of hydrogen-bond acceptors (Lipinski definition) is 3. The van der Waals surface area contributed by atoms with Gasteiger partial charge in [-0.1, -0.05) is 13.8 Å². The molecule has 1 aliphatic heterocycles. The molecule has 2 unspecified atom stereocenters. The Hall–Kier alpha value is -1.38. The van der Waals surface area contributed by atoms with E-state index in [0.717, 1.165) is 36.4 Å². The number of nitrogens with two attached hydrogens (primary N) is 1. The highest BCUT2D eigenvalue weighted by Crippen LogP contribution is 2.31.